The number of ether oxygens (including phenoxy) is 1. The summed E-state index contributed by atoms with van der Waals surface area (Å²) in [6, 6.07) is 0.00167. The van der Waals surface area contributed by atoms with Gasteiger partial charge in [0.1, 0.15) is 0 Å². The Morgan fingerprint density at radius 3 is 3.07 bits per heavy atom. The van der Waals surface area contributed by atoms with Crippen molar-refractivity contribution < 1.29 is 9.53 Å². The second kappa shape index (κ2) is 6.58. The zero-order valence-corrected chi connectivity index (χ0v) is 9.37. The molecule has 1 fully saturated rings. The van der Waals surface area contributed by atoms with Gasteiger partial charge in [-0.1, -0.05) is 6.08 Å². The molecule has 1 amide bonds. The largest absolute Gasteiger partial charge is 0.383 e. The van der Waals surface area contributed by atoms with Gasteiger partial charge in [0.25, 0.3) is 0 Å². The van der Waals surface area contributed by atoms with Crippen LogP contribution >= 0.6 is 0 Å². The van der Waals surface area contributed by atoms with Crippen LogP contribution in [0.1, 0.15) is 12.8 Å². The Kier molecular flexibility index (Phi) is 5.36. The van der Waals surface area contributed by atoms with Gasteiger partial charge in [0.05, 0.1) is 12.6 Å². The quantitative estimate of drug-likeness (QED) is 0.648. The molecule has 0 aromatic carbocycles. The maximum absolute atomic E-state index is 12.0. The number of rotatable bonds is 6. The predicted octanol–water partition coefficient (Wildman–Crippen LogP) is 0.399. The van der Waals surface area contributed by atoms with E-state index >= 15 is 0 Å². The third kappa shape index (κ3) is 3.64. The summed E-state index contributed by atoms with van der Waals surface area (Å²) in [6.45, 7) is 6.42. The lowest BCUT2D eigenvalue weighted by Crippen LogP contribution is -2.44. The van der Waals surface area contributed by atoms with Crippen molar-refractivity contribution in [2.24, 2.45) is 0 Å². The zero-order chi connectivity index (χ0) is 11.1. The lowest BCUT2D eigenvalue weighted by Gasteiger charge is -2.24. The highest BCUT2D eigenvalue weighted by Gasteiger charge is 2.25. The van der Waals surface area contributed by atoms with Gasteiger partial charge in [-0.2, -0.15) is 0 Å². The minimum Gasteiger partial charge on any atom is -0.383 e. The van der Waals surface area contributed by atoms with Crippen LogP contribution in [0, 0.1) is 0 Å². The number of amides is 1. The number of nitrogens with zero attached hydrogens (tertiary/aromatic N) is 1. The van der Waals surface area contributed by atoms with Gasteiger partial charge in [-0.05, 0) is 19.4 Å². The van der Waals surface area contributed by atoms with E-state index in [2.05, 4.69) is 11.9 Å². The highest BCUT2D eigenvalue weighted by atomic mass is 16.5. The van der Waals surface area contributed by atoms with Crippen molar-refractivity contribution in [3.05, 3.63) is 12.7 Å². The molecule has 0 aliphatic carbocycles. The monoisotopic (exact) mass is 212 g/mol. The summed E-state index contributed by atoms with van der Waals surface area (Å²) in [6.07, 6.45) is 3.78. The first-order valence-corrected chi connectivity index (χ1v) is 5.41. The molecule has 1 heterocycles. The first-order chi connectivity index (χ1) is 7.29. The molecule has 4 heteroatoms. The average Bonchev–Trinajstić information content (AvgIpc) is 2.76. The van der Waals surface area contributed by atoms with Gasteiger partial charge in [-0.15, -0.1) is 6.58 Å². The van der Waals surface area contributed by atoms with Crippen LogP contribution in [0.4, 0.5) is 0 Å². The molecule has 0 bridgehead atoms. The normalized spacial score (nSPS) is 20.2. The van der Waals surface area contributed by atoms with Crippen LogP contribution in [0.2, 0.25) is 0 Å². The van der Waals surface area contributed by atoms with E-state index < -0.39 is 0 Å². The van der Waals surface area contributed by atoms with Gasteiger partial charge >= 0.3 is 0 Å². The van der Waals surface area contributed by atoms with Gasteiger partial charge in [0.15, 0.2) is 0 Å². The smallest absolute Gasteiger partial charge is 0.240 e. The van der Waals surface area contributed by atoms with Gasteiger partial charge in [-0.3, -0.25) is 4.79 Å². The lowest BCUT2D eigenvalue weighted by atomic mass is 10.2. The molecule has 15 heavy (non-hydrogen) atoms. The van der Waals surface area contributed by atoms with Gasteiger partial charge in [-0.25, -0.2) is 0 Å². The Morgan fingerprint density at radius 1 is 1.73 bits per heavy atom. The fraction of sp³-hybridized carbons (Fsp3) is 0.727. The molecular weight excluding hydrogens is 192 g/mol. The third-order valence-corrected chi connectivity index (χ3v) is 2.58. The van der Waals surface area contributed by atoms with E-state index in [9.17, 15) is 4.79 Å². The number of methoxy groups -OCH3 is 1. The number of hydrogen-bond donors (Lipinski definition) is 1. The molecule has 1 aliphatic rings. The lowest BCUT2D eigenvalue weighted by molar-refractivity contribution is -0.133. The summed E-state index contributed by atoms with van der Waals surface area (Å²) in [5.74, 6) is 0.171. The van der Waals surface area contributed by atoms with E-state index in [4.69, 9.17) is 4.74 Å². The van der Waals surface area contributed by atoms with Crippen LogP contribution in [0.3, 0.4) is 0 Å². The Bertz CT molecular complexity index is 213. The summed E-state index contributed by atoms with van der Waals surface area (Å²) >= 11 is 0. The van der Waals surface area contributed by atoms with Crippen LogP contribution in [-0.4, -0.2) is 50.2 Å². The maximum atomic E-state index is 12.0. The van der Waals surface area contributed by atoms with Crippen molar-refractivity contribution in [3.63, 3.8) is 0 Å². The molecule has 0 aromatic heterocycles. The number of hydrogen-bond acceptors (Lipinski definition) is 3. The van der Waals surface area contributed by atoms with Crippen molar-refractivity contribution in [2.45, 2.75) is 18.9 Å². The van der Waals surface area contributed by atoms with Crippen molar-refractivity contribution >= 4 is 5.91 Å². The van der Waals surface area contributed by atoms with Crippen molar-refractivity contribution in [1.29, 1.82) is 0 Å². The second-order valence-corrected chi connectivity index (χ2v) is 3.71. The SMILES string of the molecule is C=CCN(CCOC)C(=O)[C@@H]1CCCN1. The van der Waals surface area contributed by atoms with Crippen molar-refractivity contribution in [2.75, 3.05) is 33.4 Å². The van der Waals surface area contributed by atoms with E-state index in [0.29, 0.717) is 19.7 Å². The van der Waals surface area contributed by atoms with Gasteiger partial charge in [0.2, 0.25) is 5.91 Å². The molecule has 1 rings (SSSR count). The summed E-state index contributed by atoms with van der Waals surface area (Å²) in [4.78, 5) is 13.8. The Morgan fingerprint density at radius 2 is 2.53 bits per heavy atom. The van der Waals surface area contributed by atoms with E-state index in [1.54, 1.807) is 18.1 Å². The fourth-order valence-electron chi connectivity index (χ4n) is 1.76. The Labute approximate surface area is 91.3 Å². The first kappa shape index (κ1) is 12.2. The van der Waals surface area contributed by atoms with Gasteiger partial charge in [0, 0.05) is 20.2 Å². The van der Waals surface area contributed by atoms with Crippen LogP contribution < -0.4 is 5.32 Å². The molecule has 0 aromatic rings. The predicted molar refractivity (Wildman–Crippen MR) is 59.7 cm³/mol. The Hall–Kier alpha value is -0.870. The molecule has 0 saturated carbocycles. The van der Waals surface area contributed by atoms with Crippen LogP contribution in [-0.2, 0) is 9.53 Å². The average molecular weight is 212 g/mol. The molecule has 0 unspecified atom stereocenters. The molecule has 86 valence electrons. The van der Waals surface area contributed by atoms with E-state index in [-0.39, 0.29) is 11.9 Å². The summed E-state index contributed by atoms with van der Waals surface area (Å²) in [5.41, 5.74) is 0. The van der Waals surface area contributed by atoms with Crippen LogP contribution in [0.5, 0.6) is 0 Å². The van der Waals surface area contributed by atoms with E-state index in [1.807, 2.05) is 0 Å². The minimum atomic E-state index is 0.00167. The summed E-state index contributed by atoms with van der Waals surface area (Å²) in [7, 11) is 1.64. The molecule has 1 saturated heterocycles. The van der Waals surface area contributed by atoms with Gasteiger partial charge < -0.3 is 15.0 Å². The first-order valence-electron chi connectivity index (χ1n) is 5.41. The van der Waals surface area contributed by atoms with E-state index in [0.717, 1.165) is 19.4 Å². The van der Waals surface area contributed by atoms with Crippen LogP contribution in [0.25, 0.3) is 0 Å². The molecule has 1 N–H and O–H groups in total. The molecule has 0 spiro atoms. The maximum Gasteiger partial charge on any atom is 0.240 e. The molecule has 0 radical (unpaired) electrons. The third-order valence-electron chi connectivity index (χ3n) is 2.58. The zero-order valence-electron chi connectivity index (χ0n) is 9.37. The Balaban J connectivity index is 2.45. The van der Waals surface area contributed by atoms with Crippen molar-refractivity contribution in [3.8, 4) is 0 Å². The molecule has 1 aliphatic heterocycles. The standard InChI is InChI=1S/C11H20N2O2/c1-3-7-13(8-9-15-2)11(14)10-5-4-6-12-10/h3,10,12H,1,4-9H2,2H3/t10-/m0/s1. The van der Waals surface area contributed by atoms with Crippen LogP contribution in [0.15, 0.2) is 12.7 Å². The number of carbonyl (C=O) groups is 1. The topological polar surface area (TPSA) is 41.6 Å². The van der Waals surface area contributed by atoms with Crippen molar-refractivity contribution in [1.82, 2.24) is 10.2 Å². The number of nitrogens with one attached hydrogen (secondary N) is 1. The molecular formula is C11H20N2O2. The molecule has 1 atom stereocenters. The number of carbonyl (C=O) groups excluding carboxylic acids is 1. The highest BCUT2D eigenvalue weighted by molar-refractivity contribution is 5.82. The molecule has 4 nitrogen and oxygen atoms in total. The second-order valence-electron chi connectivity index (χ2n) is 3.71. The van der Waals surface area contributed by atoms with E-state index in [1.165, 1.54) is 0 Å². The minimum absolute atomic E-state index is 0.00167. The highest BCUT2D eigenvalue weighted by Crippen LogP contribution is 2.08. The summed E-state index contributed by atoms with van der Waals surface area (Å²) < 4.78 is 4.98. The fourth-order valence-corrected chi connectivity index (χ4v) is 1.76. The summed E-state index contributed by atoms with van der Waals surface area (Å²) in [5, 5.41) is 3.21.